The van der Waals surface area contributed by atoms with Crippen molar-refractivity contribution in [2.75, 3.05) is 17.8 Å². The zero-order valence-electron chi connectivity index (χ0n) is 14.3. The minimum atomic E-state index is -3.86. The fourth-order valence-electron chi connectivity index (χ4n) is 2.89. The van der Waals surface area contributed by atoms with Crippen molar-refractivity contribution in [2.45, 2.75) is 36.5 Å². The molecule has 3 rings (SSSR count). The van der Waals surface area contributed by atoms with Crippen LogP contribution in [0, 0.1) is 13.8 Å². The van der Waals surface area contributed by atoms with Crippen LogP contribution < -0.4 is 4.72 Å². The largest absolute Gasteiger partial charge is 0.278 e. The Hall–Kier alpha value is -1.13. The molecule has 6 nitrogen and oxygen atoms in total. The highest BCUT2D eigenvalue weighted by molar-refractivity contribution is 7.93. The lowest BCUT2D eigenvalue weighted by Gasteiger charge is -2.17. The predicted octanol–water partition coefficient (Wildman–Crippen LogP) is 3.60. The molecule has 0 saturated carbocycles. The van der Waals surface area contributed by atoms with E-state index in [1.807, 2.05) is 6.92 Å². The Kier molecular flexibility index (Phi) is 5.38. The van der Waals surface area contributed by atoms with Crippen LogP contribution in [0.25, 0.3) is 0 Å². The predicted molar refractivity (Wildman–Crippen MR) is 104 cm³/mol. The molecule has 1 aromatic carbocycles. The van der Waals surface area contributed by atoms with Gasteiger partial charge in [0.2, 0.25) is 10.0 Å². The minimum Gasteiger partial charge on any atom is -0.278 e. The molecule has 0 radical (unpaired) electrons. The Bertz CT molecular complexity index is 1040. The summed E-state index contributed by atoms with van der Waals surface area (Å²) in [5.41, 5.74) is 0.0511. The van der Waals surface area contributed by atoms with Crippen molar-refractivity contribution in [1.82, 2.24) is 4.31 Å². The summed E-state index contributed by atoms with van der Waals surface area (Å²) in [5.74, 6) is 0. The summed E-state index contributed by atoms with van der Waals surface area (Å²) in [6, 6.07) is 5.66. The molecule has 142 valence electrons. The molecule has 1 saturated heterocycles. The first-order chi connectivity index (χ1) is 12.1. The summed E-state index contributed by atoms with van der Waals surface area (Å²) in [6.45, 7) is 4.49. The van der Waals surface area contributed by atoms with Crippen molar-refractivity contribution in [3.63, 3.8) is 0 Å². The van der Waals surface area contributed by atoms with E-state index in [1.54, 1.807) is 13.0 Å². The highest BCUT2D eigenvalue weighted by Gasteiger charge is 2.28. The van der Waals surface area contributed by atoms with Gasteiger partial charge in [-0.2, -0.15) is 4.31 Å². The third kappa shape index (κ3) is 3.77. The van der Waals surface area contributed by atoms with Crippen molar-refractivity contribution in [2.24, 2.45) is 0 Å². The first-order valence-corrected chi connectivity index (χ1v) is 12.1. The Labute approximate surface area is 162 Å². The summed E-state index contributed by atoms with van der Waals surface area (Å²) < 4.78 is 54.6. The van der Waals surface area contributed by atoms with Crippen molar-refractivity contribution < 1.29 is 16.8 Å². The number of benzene rings is 1. The van der Waals surface area contributed by atoms with Gasteiger partial charge in [0.1, 0.15) is 4.90 Å². The van der Waals surface area contributed by atoms with Gasteiger partial charge in [0.05, 0.1) is 15.6 Å². The fourth-order valence-corrected chi connectivity index (χ4v) is 7.29. The fraction of sp³-hybridized carbons (Fsp3) is 0.375. The van der Waals surface area contributed by atoms with Gasteiger partial charge in [-0.1, -0.05) is 11.6 Å². The van der Waals surface area contributed by atoms with Gasteiger partial charge in [0.25, 0.3) is 10.0 Å². The molecule has 1 aliphatic rings. The van der Waals surface area contributed by atoms with E-state index in [2.05, 4.69) is 4.72 Å². The summed E-state index contributed by atoms with van der Waals surface area (Å²) in [5, 5.41) is 0.138. The molecule has 0 aliphatic carbocycles. The molecule has 0 bridgehead atoms. The topological polar surface area (TPSA) is 83.5 Å². The number of aryl methyl sites for hydroxylation is 2. The van der Waals surface area contributed by atoms with E-state index in [4.69, 9.17) is 11.6 Å². The maximum atomic E-state index is 12.7. The van der Waals surface area contributed by atoms with Crippen LogP contribution in [0.3, 0.4) is 0 Å². The zero-order valence-corrected chi connectivity index (χ0v) is 17.5. The molecule has 1 N–H and O–H groups in total. The van der Waals surface area contributed by atoms with Crippen LogP contribution in [0.4, 0.5) is 5.69 Å². The molecule has 0 unspecified atom stereocenters. The average Bonchev–Trinajstić information content (AvgIpc) is 3.19. The SMILES string of the molecule is Cc1cc(S(=O)(=O)Nc2cc(S(=O)(=O)N3CCCC3)ccc2Cl)c(C)s1. The Morgan fingerprint density at radius 1 is 1.08 bits per heavy atom. The van der Waals surface area contributed by atoms with Gasteiger partial charge in [-0.15, -0.1) is 11.3 Å². The van der Waals surface area contributed by atoms with Crippen LogP contribution in [-0.2, 0) is 20.0 Å². The average molecular weight is 435 g/mol. The van der Waals surface area contributed by atoms with E-state index in [-0.39, 0.29) is 20.5 Å². The van der Waals surface area contributed by atoms with Gasteiger partial charge < -0.3 is 0 Å². The number of anilines is 1. The smallest absolute Gasteiger partial charge is 0.263 e. The quantitative estimate of drug-likeness (QED) is 0.779. The molecule has 26 heavy (non-hydrogen) atoms. The Morgan fingerprint density at radius 2 is 1.73 bits per heavy atom. The van der Waals surface area contributed by atoms with Gasteiger partial charge >= 0.3 is 0 Å². The Balaban J connectivity index is 1.97. The molecule has 0 atom stereocenters. The zero-order chi connectivity index (χ0) is 19.1. The van der Waals surface area contributed by atoms with Crippen molar-refractivity contribution in [1.29, 1.82) is 0 Å². The number of sulfonamides is 2. The van der Waals surface area contributed by atoms with E-state index in [9.17, 15) is 16.8 Å². The molecular formula is C16H19ClN2O4S3. The molecule has 2 aromatic rings. The molecule has 1 aliphatic heterocycles. The van der Waals surface area contributed by atoms with Gasteiger partial charge in [-0.05, 0) is 51.0 Å². The number of hydrogen-bond acceptors (Lipinski definition) is 5. The van der Waals surface area contributed by atoms with Gasteiger partial charge in [-0.25, -0.2) is 16.8 Å². The lowest BCUT2D eigenvalue weighted by Crippen LogP contribution is -2.28. The highest BCUT2D eigenvalue weighted by atomic mass is 35.5. The summed E-state index contributed by atoms with van der Waals surface area (Å²) in [4.78, 5) is 1.73. The van der Waals surface area contributed by atoms with Crippen molar-refractivity contribution in [3.05, 3.63) is 39.0 Å². The molecule has 1 aromatic heterocycles. The number of nitrogens with zero attached hydrogens (tertiary/aromatic N) is 1. The molecule has 10 heteroatoms. The summed E-state index contributed by atoms with van der Waals surface area (Å²) in [6.07, 6.45) is 1.65. The van der Waals surface area contributed by atoms with Crippen LogP contribution in [0.2, 0.25) is 5.02 Å². The second kappa shape index (κ2) is 7.12. The van der Waals surface area contributed by atoms with Crippen LogP contribution in [0.5, 0.6) is 0 Å². The lowest BCUT2D eigenvalue weighted by atomic mass is 10.3. The molecule has 0 spiro atoms. The van der Waals surface area contributed by atoms with E-state index in [1.165, 1.54) is 33.8 Å². The maximum Gasteiger partial charge on any atom is 0.263 e. The van der Waals surface area contributed by atoms with Crippen molar-refractivity contribution in [3.8, 4) is 0 Å². The normalized spacial score (nSPS) is 16.1. The number of halogens is 1. The maximum absolute atomic E-state index is 12.7. The first-order valence-electron chi connectivity index (χ1n) is 8.01. The van der Waals surface area contributed by atoms with E-state index in [0.717, 1.165) is 17.7 Å². The third-order valence-electron chi connectivity index (χ3n) is 4.17. The second-order valence-corrected chi connectivity index (χ2v) is 11.6. The molecule has 1 fully saturated rings. The molecule has 2 heterocycles. The highest BCUT2D eigenvalue weighted by Crippen LogP contribution is 2.32. The van der Waals surface area contributed by atoms with Crippen LogP contribution in [0.15, 0.2) is 34.1 Å². The van der Waals surface area contributed by atoms with Crippen LogP contribution >= 0.6 is 22.9 Å². The first kappa shape index (κ1) is 19.6. The summed E-state index contributed by atoms with van der Waals surface area (Å²) in [7, 11) is -7.52. The van der Waals surface area contributed by atoms with Gasteiger partial charge in [0.15, 0.2) is 0 Å². The van der Waals surface area contributed by atoms with E-state index >= 15 is 0 Å². The third-order valence-corrected chi connectivity index (χ3v) is 8.98. The number of nitrogens with one attached hydrogen (secondary N) is 1. The van der Waals surface area contributed by atoms with Crippen LogP contribution in [-0.4, -0.2) is 34.2 Å². The van der Waals surface area contributed by atoms with Gasteiger partial charge in [-0.3, -0.25) is 4.72 Å². The second-order valence-electron chi connectivity index (χ2n) is 6.14. The lowest BCUT2D eigenvalue weighted by molar-refractivity contribution is 0.477. The minimum absolute atomic E-state index is 0.0275. The number of hydrogen-bond donors (Lipinski definition) is 1. The monoisotopic (exact) mass is 434 g/mol. The standard InChI is InChI=1S/C16H19ClN2O4S3/c1-11-9-16(12(2)24-11)25(20,21)18-15-10-13(5-6-14(15)17)26(22,23)19-7-3-4-8-19/h5-6,9-10,18H,3-4,7-8H2,1-2H3. The molecule has 0 amide bonds. The molecular weight excluding hydrogens is 416 g/mol. The summed E-state index contributed by atoms with van der Waals surface area (Å²) >= 11 is 7.49. The van der Waals surface area contributed by atoms with E-state index in [0.29, 0.717) is 18.0 Å². The van der Waals surface area contributed by atoms with Crippen molar-refractivity contribution >= 4 is 48.7 Å². The number of rotatable bonds is 5. The van der Waals surface area contributed by atoms with Crippen LogP contribution in [0.1, 0.15) is 22.6 Å². The Morgan fingerprint density at radius 3 is 2.31 bits per heavy atom. The van der Waals surface area contributed by atoms with Gasteiger partial charge in [0, 0.05) is 22.8 Å². The number of thiophene rings is 1. The van der Waals surface area contributed by atoms with E-state index < -0.39 is 20.0 Å².